The topological polar surface area (TPSA) is 161 Å². The van der Waals surface area contributed by atoms with Gasteiger partial charge in [-0.05, 0) is 44.4 Å². The Morgan fingerprint density at radius 3 is 1.89 bits per heavy atom. The predicted molar refractivity (Wildman–Crippen MR) is 209 cm³/mol. The average Bonchev–Trinajstić information content (AvgIpc) is 3.88. The number of aliphatic hydroxyl groups excluding tert-OH is 2. The predicted octanol–water partition coefficient (Wildman–Crippen LogP) is 9.68. The molecule has 1 aliphatic rings. The van der Waals surface area contributed by atoms with E-state index in [9.17, 15) is 24.2 Å². The van der Waals surface area contributed by atoms with Crippen LogP contribution in [0.2, 0.25) is 0 Å². The Labute approximate surface area is 321 Å². The Morgan fingerprint density at radius 2 is 1.28 bits per heavy atom. The molecule has 1 saturated heterocycles. The van der Waals surface area contributed by atoms with Crippen LogP contribution in [0, 0.1) is 5.92 Å². The Balaban J connectivity index is 2.25. The molecule has 11 nitrogen and oxygen atoms in total. The number of carbonyl (C=O) groups excluding carboxylic acids is 2. The highest BCUT2D eigenvalue weighted by atomic mass is 31.2. The number of phosphoric ester groups is 1. The number of esters is 2. The summed E-state index contributed by atoms with van der Waals surface area (Å²) in [4.78, 5) is 35.0. The van der Waals surface area contributed by atoms with Crippen molar-refractivity contribution in [1.29, 1.82) is 0 Å². The van der Waals surface area contributed by atoms with E-state index in [1.54, 1.807) is 0 Å². The van der Waals surface area contributed by atoms with Gasteiger partial charge in [-0.1, -0.05) is 142 Å². The number of ether oxygens (including phenoxy) is 3. The van der Waals surface area contributed by atoms with Crippen LogP contribution in [0.5, 0.6) is 0 Å². The van der Waals surface area contributed by atoms with Gasteiger partial charge in [0.25, 0.3) is 0 Å². The molecule has 5 atom stereocenters. The second kappa shape index (κ2) is 32.9. The van der Waals surface area contributed by atoms with E-state index in [1.807, 2.05) is 0 Å². The molecule has 0 bridgehead atoms. The fourth-order valence-corrected chi connectivity index (χ4v) is 6.92. The summed E-state index contributed by atoms with van der Waals surface area (Å²) in [6, 6.07) is 0. The van der Waals surface area contributed by atoms with Crippen molar-refractivity contribution in [1.82, 2.24) is 0 Å². The van der Waals surface area contributed by atoms with E-state index < -0.39 is 51.8 Å². The molecular formula is C41H77O11P. The monoisotopic (exact) mass is 777 g/mol. The lowest BCUT2D eigenvalue weighted by atomic mass is 10.0. The number of phosphoric acid groups is 1. The summed E-state index contributed by atoms with van der Waals surface area (Å²) in [6.07, 6.45) is 29.2. The van der Waals surface area contributed by atoms with Gasteiger partial charge in [-0.2, -0.15) is 0 Å². The SMILES string of the molecule is CCCCCC1OC1C/C=C\CCCCCCCC(=O)OC[C@H](COP(=O)(O)OC[C@@H](O)CO)OC(=O)CCCCCCCCCCCCCC(C)C. The number of rotatable bonds is 38. The summed E-state index contributed by atoms with van der Waals surface area (Å²) in [7, 11) is -4.62. The molecule has 0 radical (unpaired) electrons. The zero-order chi connectivity index (χ0) is 39.0. The van der Waals surface area contributed by atoms with E-state index in [1.165, 1.54) is 77.0 Å². The van der Waals surface area contributed by atoms with E-state index >= 15 is 0 Å². The van der Waals surface area contributed by atoms with Crippen molar-refractivity contribution >= 4 is 19.8 Å². The van der Waals surface area contributed by atoms with Gasteiger partial charge >= 0.3 is 19.8 Å². The molecule has 0 amide bonds. The zero-order valence-electron chi connectivity index (χ0n) is 33.6. The highest BCUT2D eigenvalue weighted by molar-refractivity contribution is 7.47. The fraction of sp³-hybridized carbons (Fsp3) is 0.902. The highest BCUT2D eigenvalue weighted by Gasteiger charge is 2.36. The van der Waals surface area contributed by atoms with E-state index in [0.29, 0.717) is 25.0 Å². The van der Waals surface area contributed by atoms with E-state index in [0.717, 1.165) is 63.7 Å². The Bertz CT molecular complexity index is 976. The Kier molecular flexibility index (Phi) is 30.8. The molecule has 0 aromatic carbocycles. The maximum absolute atomic E-state index is 12.6. The fourth-order valence-electron chi connectivity index (χ4n) is 6.13. The Morgan fingerprint density at radius 1 is 0.717 bits per heavy atom. The molecule has 0 saturated carbocycles. The van der Waals surface area contributed by atoms with Crippen molar-refractivity contribution in [2.45, 2.75) is 206 Å². The maximum atomic E-state index is 12.6. The molecule has 0 aromatic rings. The molecule has 1 rings (SSSR count). The second-order valence-corrected chi connectivity index (χ2v) is 16.7. The number of hydrogen-bond acceptors (Lipinski definition) is 10. The van der Waals surface area contributed by atoms with Crippen LogP contribution in [-0.4, -0.2) is 77.9 Å². The molecular weight excluding hydrogens is 699 g/mol. The maximum Gasteiger partial charge on any atom is 0.472 e. The highest BCUT2D eigenvalue weighted by Crippen LogP contribution is 2.43. The number of hydrogen-bond donors (Lipinski definition) is 3. The summed E-state index contributed by atoms with van der Waals surface area (Å²) >= 11 is 0. The van der Waals surface area contributed by atoms with Gasteiger partial charge in [0.15, 0.2) is 6.10 Å². The van der Waals surface area contributed by atoms with Gasteiger partial charge in [-0.3, -0.25) is 18.6 Å². The molecule has 1 aliphatic heterocycles. The lowest BCUT2D eigenvalue weighted by molar-refractivity contribution is -0.161. The molecule has 3 N–H and O–H groups in total. The van der Waals surface area contributed by atoms with E-state index in [-0.39, 0.29) is 19.4 Å². The number of allylic oxidation sites excluding steroid dienone is 1. The minimum Gasteiger partial charge on any atom is -0.462 e. The lowest BCUT2D eigenvalue weighted by Gasteiger charge is -2.20. The summed E-state index contributed by atoms with van der Waals surface area (Å²) in [5.74, 6) is -0.146. The molecule has 12 heteroatoms. The molecule has 1 heterocycles. The standard InChI is InChI=1S/C41H77O11P/c1-4-5-21-27-38-39(52-38)28-23-18-14-11-12-15-19-24-29-40(44)48-33-37(34-50-53(46,47)49-32-36(43)31-42)51-41(45)30-25-20-16-10-8-6-7-9-13-17-22-26-35(2)3/h18,23,35-39,42-43H,4-17,19-22,24-34H2,1-3H3,(H,46,47)/b23-18-/t36-,37+,38?,39?/m0/s1. The van der Waals surface area contributed by atoms with Crippen LogP contribution >= 0.6 is 7.82 Å². The molecule has 312 valence electrons. The van der Waals surface area contributed by atoms with Crippen molar-refractivity contribution in [2.24, 2.45) is 5.92 Å². The van der Waals surface area contributed by atoms with Crippen LogP contribution in [0.4, 0.5) is 0 Å². The molecule has 0 aromatic heterocycles. The second-order valence-electron chi connectivity index (χ2n) is 15.2. The largest absolute Gasteiger partial charge is 0.472 e. The van der Waals surface area contributed by atoms with Crippen molar-refractivity contribution in [3.05, 3.63) is 12.2 Å². The quantitative estimate of drug-likeness (QED) is 0.0180. The molecule has 0 aliphatic carbocycles. The first-order chi connectivity index (χ1) is 25.6. The third-order valence-corrected chi connectivity index (χ3v) is 10.5. The van der Waals surface area contributed by atoms with Gasteiger partial charge in [0, 0.05) is 12.8 Å². The summed E-state index contributed by atoms with van der Waals surface area (Å²) in [5.41, 5.74) is 0. The summed E-state index contributed by atoms with van der Waals surface area (Å²) in [6.45, 7) is 4.65. The summed E-state index contributed by atoms with van der Waals surface area (Å²) in [5, 5.41) is 18.3. The van der Waals surface area contributed by atoms with Crippen LogP contribution < -0.4 is 0 Å². The number of carbonyl (C=O) groups is 2. The summed E-state index contributed by atoms with van der Waals surface area (Å²) < 4.78 is 38.4. The van der Waals surface area contributed by atoms with Crippen LogP contribution in [-0.2, 0) is 37.4 Å². The van der Waals surface area contributed by atoms with Crippen molar-refractivity contribution in [3.63, 3.8) is 0 Å². The first kappa shape index (κ1) is 49.7. The van der Waals surface area contributed by atoms with Crippen LogP contribution in [0.3, 0.4) is 0 Å². The molecule has 0 spiro atoms. The van der Waals surface area contributed by atoms with Gasteiger partial charge < -0.3 is 29.3 Å². The third kappa shape index (κ3) is 31.6. The average molecular weight is 777 g/mol. The minimum absolute atomic E-state index is 0.182. The normalized spacial score (nSPS) is 17.9. The van der Waals surface area contributed by atoms with Crippen LogP contribution in [0.25, 0.3) is 0 Å². The van der Waals surface area contributed by atoms with Crippen molar-refractivity contribution in [3.8, 4) is 0 Å². The lowest BCUT2D eigenvalue weighted by Crippen LogP contribution is -2.29. The van der Waals surface area contributed by atoms with Gasteiger partial charge in [-0.15, -0.1) is 0 Å². The van der Waals surface area contributed by atoms with Crippen molar-refractivity contribution in [2.75, 3.05) is 26.4 Å². The minimum atomic E-state index is -4.62. The first-order valence-electron chi connectivity index (χ1n) is 21.1. The van der Waals surface area contributed by atoms with Crippen molar-refractivity contribution < 1.29 is 52.5 Å². The number of epoxide rings is 1. The van der Waals surface area contributed by atoms with Crippen LogP contribution in [0.15, 0.2) is 12.2 Å². The van der Waals surface area contributed by atoms with E-state index in [2.05, 4.69) is 37.4 Å². The molecule has 53 heavy (non-hydrogen) atoms. The number of unbranched alkanes of at least 4 members (excludes halogenated alkanes) is 17. The molecule has 1 fully saturated rings. The smallest absolute Gasteiger partial charge is 0.462 e. The van der Waals surface area contributed by atoms with E-state index in [4.69, 9.17) is 23.8 Å². The first-order valence-corrected chi connectivity index (χ1v) is 22.6. The van der Waals surface area contributed by atoms with Gasteiger partial charge in [0.1, 0.15) is 12.7 Å². The molecule has 3 unspecified atom stereocenters. The van der Waals surface area contributed by atoms with Crippen LogP contribution in [0.1, 0.15) is 181 Å². The van der Waals surface area contributed by atoms with Gasteiger partial charge in [0.05, 0.1) is 32.0 Å². The Hall–Kier alpha value is -1.33. The third-order valence-electron chi connectivity index (χ3n) is 9.52. The number of aliphatic hydroxyl groups is 2. The zero-order valence-corrected chi connectivity index (χ0v) is 34.5. The van der Waals surface area contributed by atoms with Gasteiger partial charge in [0.2, 0.25) is 0 Å². The van der Waals surface area contributed by atoms with Gasteiger partial charge in [-0.25, -0.2) is 4.57 Å².